The molecule has 1 N–H and O–H groups in total. The van der Waals surface area contributed by atoms with Crippen LogP contribution in [0.1, 0.15) is 25.3 Å². The smallest absolute Gasteiger partial charge is 0.243 e. The molecule has 0 aliphatic carbocycles. The number of sulfonamides is 1. The Labute approximate surface area is 193 Å². The zero-order valence-electron chi connectivity index (χ0n) is 18.8. The summed E-state index contributed by atoms with van der Waals surface area (Å²) in [6.45, 7) is 2.68. The first kappa shape index (κ1) is 24.4. The lowest BCUT2D eigenvalue weighted by Crippen LogP contribution is -2.41. The molecule has 0 spiro atoms. The van der Waals surface area contributed by atoms with Crippen LogP contribution in [0.25, 0.3) is 0 Å². The van der Waals surface area contributed by atoms with Gasteiger partial charge in [-0.05, 0) is 50.1 Å². The minimum atomic E-state index is -3.74. The first-order chi connectivity index (χ1) is 15.8. The number of piperidine rings is 1. The number of hydrogen-bond acceptors (Lipinski definition) is 7. The second kappa shape index (κ2) is 10.6. The number of amides is 1. The van der Waals surface area contributed by atoms with Crippen molar-refractivity contribution in [3.05, 3.63) is 42.0 Å². The number of nitrogens with one attached hydrogen (secondary N) is 1. The third-order valence-electron chi connectivity index (χ3n) is 5.48. The summed E-state index contributed by atoms with van der Waals surface area (Å²) in [7, 11) is -0.813. The molecule has 176 valence electrons. The molecule has 1 saturated heterocycles. The predicted octanol–water partition coefficient (Wildman–Crippen LogP) is 3.01. The molecule has 1 fully saturated rings. The van der Waals surface area contributed by atoms with Gasteiger partial charge in [-0.3, -0.25) is 4.79 Å². The van der Waals surface area contributed by atoms with Crippen molar-refractivity contribution in [3.8, 4) is 23.3 Å². The second-order valence-corrected chi connectivity index (χ2v) is 9.38. The molecule has 1 aliphatic heterocycles. The van der Waals surface area contributed by atoms with Crippen LogP contribution in [0.2, 0.25) is 0 Å². The number of ether oxygens (including phenoxy) is 3. The van der Waals surface area contributed by atoms with Crippen molar-refractivity contribution in [3.63, 3.8) is 0 Å². The van der Waals surface area contributed by atoms with Gasteiger partial charge >= 0.3 is 0 Å². The van der Waals surface area contributed by atoms with E-state index in [0.29, 0.717) is 47.9 Å². The second-order valence-electron chi connectivity index (χ2n) is 7.44. The number of rotatable bonds is 8. The lowest BCUT2D eigenvalue weighted by molar-refractivity contribution is -0.120. The quantitative estimate of drug-likeness (QED) is 0.626. The van der Waals surface area contributed by atoms with E-state index in [-0.39, 0.29) is 29.8 Å². The van der Waals surface area contributed by atoms with E-state index in [1.807, 2.05) is 13.0 Å². The monoisotopic (exact) mass is 473 g/mol. The summed E-state index contributed by atoms with van der Waals surface area (Å²) in [4.78, 5) is 13.0. The number of carbonyl (C=O) groups excluding carboxylic acids is 1. The Hall–Kier alpha value is -3.29. The van der Waals surface area contributed by atoms with Gasteiger partial charge < -0.3 is 19.5 Å². The summed E-state index contributed by atoms with van der Waals surface area (Å²) in [6.07, 6.45) is 0.751. The van der Waals surface area contributed by atoms with E-state index < -0.39 is 10.0 Å². The maximum absolute atomic E-state index is 13.1. The van der Waals surface area contributed by atoms with Gasteiger partial charge in [0.05, 0.1) is 43.0 Å². The number of methoxy groups -OCH3 is 2. The molecule has 1 heterocycles. The van der Waals surface area contributed by atoms with E-state index in [9.17, 15) is 13.2 Å². The minimum Gasteiger partial charge on any atom is -0.493 e. The molecule has 3 rings (SSSR count). The highest BCUT2D eigenvalue weighted by Gasteiger charge is 2.33. The van der Waals surface area contributed by atoms with Gasteiger partial charge in [0.25, 0.3) is 0 Å². The highest BCUT2D eigenvalue weighted by Crippen LogP contribution is 2.32. The number of carbonyl (C=O) groups is 1. The molecule has 0 radical (unpaired) electrons. The van der Waals surface area contributed by atoms with E-state index >= 15 is 0 Å². The Bertz CT molecular complexity index is 1150. The molecule has 0 unspecified atom stereocenters. The van der Waals surface area contributed by atoms with Crippen molar-refractivity contribution >= 4 is 21.6 Å². The Kier molecular flexibility index (Phi) is 7.79. The van der Waals surface area contributed by atoms with Crippen LogP contribution in [0.5, 0.6) is 17.2 Å². The number of benzene rings is 2. The summed E-state index contributed by atoms with van der Waals surface area (Å²) in [6, 6.07) is 11.4. The lowest BCUT2D eigenvalue weighted by Gasteiger charge is -2.30. The first-order valence-corrected chi connectivity index (χ1v) is 12.0. The van der Waals surface area contributed by atoms with Crippen LogP contribution in [-0.2, 0) is 14.8 Å². The maximum atomic E-state index is 13.1. The fourth-order valence-corrected chi connectivity index (χ4v) is 5.18. The van der Waals surface area contributed by atoms with E-state index in [0.717, 1.165) is 0 Å². The molecule has 2 aromatic carbocycles. The Balaban J connectivity index is 1.68. The summed E-state index contributed by atoms with van der Waals surface area (Å²) >= 11 is 0. The van der Waals surface area contributed by atoms with Gasteiger partial charge in [0, 0.05) is 25.1 Å². The molecule has 2 aromatic rings. The number of nitriles is 1. The van der Waals surface area contributed by atoms with Crippen molar-refractivity contribution in [1.29, 1.82) is 5.26 Å². The zero-order valence-corrected chi connectivity index (χ0v) is 19.6. The van der Waals surface area contributed by atoms with Crippen molar-refractivity contribution in [2.24, 2.45) is 5.92 Å². The maximum Gasteiger partial charge on any atom is 0.243 e. The summed E-state index contributed by atoms with van der Waals surface area (Å²) in [5, 5.41) is 12.0. The largest absolute Gasteiger partial charge is 0.493 e. The number of anilines is 1. The topological polar surface area (TPSA) is 118 Å². The average molecular weight is 474 g/mol. The fourth-order valence-electron chi connectivity index (χ4n) is 3.70. The number of hydrogen-bond donors (Lipinski definition) is 1. The Morgan fingerprint density at radius 1 is 1.09 bits per heavy atom. The highest BCUT2D eigenvalue weighted by molar-refractivity contribution is 7.89. The summed E-state index contributed by atoms with van der Waals surface area (Å²) in [5.41, 5.74) is 0.839. The molecule has 0 bridgehead atoms. The van der Waals surface area contributed by atoms with E-state index in [1.54, 1.807) is 24.3 Å². The normalized spacial score (nSPS) is 14.8. The third-order valence-corrected chi connectivity index (χ3v) is 7.38. The zero-order chi connectivity index (χ0) is 24.0. The Morgan fingerprint density at radius 3 is 2.36 bits per heavy atom. The van der Waals surface area contributed by atoms with Crippen LogP contribution in [0.15, 0.2) is 41.3 Å². The van der Waals surface area contributed by atoms with Crippen molar-refractivity contribution in [2.45, 2.75) is 24.7 Å². The van der Waals surface area contributed by atoms with Gasteiger partial charge in [-0.2, -0.15) is 9.57 Å². The van der Waals surface area contributed by atoms with E-state index in [2.05, 4.69) is 5.32 Å². The van der Waals surface area contributed by atoms with Gasteiger partial charge in [-0.25, -0.2) is 8.42 Å². The highest BCUT2D eigenvalue weighted by atomic mass is 32.2. The molecule has 0 atom stereocenters. The standard InChI is InChI=1S/C23H27N3O6S/c1-4-32-20-7-5-16(15-24)13-19(20)25-23(27)17-9-11-26(12-10-17)33(28,29)18-6-8-21(30-2)22(14-18)31-3/h5-8,13-14,17H,4,9-12H2,1-3H3,(H,25,27). The van der Waals surface area contributed by atoms with Crippen LogP contribution in [0.3, 0.4) is 0 Å². The number of nitrogens with zero attached hydrogens (tertiary/aromatic N) is 2. The first-order valence-electron chi connectivity index (χ1n) is 10.5. The summed E-state index contributed by atoms with van der Waals surface area (Å²) in [5.74, 6) is 0.672. The Morgan fingerprint density at radius 2 is 1.76 bits per heavy atom. The molecular formula is C23H27N3O6S. The molecule has 1 aliphatic rings. The van der Waals surface area contributed by atoms with Crippen LogP contribution in [0.4, 0.5) is 5.69 Å². The minimum absolute atomic E-state index is 0.109. The lowest BCUT2D eigenvalue weighted by atomic mass is 9.97. The molecule has 0 aromatic heterocycles. The molecule has 1 amide bonds. The molecule has 10 heteroatoms. The fraction of sp³-hybridized carbons (Fsp3) is 0.391. The van der Waals surface area contributed by atoms with Gasteiger partial charge in [-0.1, -0.05) is 0 Å². The van der Waals surface area contributed by atoms with Gasteiger partial charge in [0.1, 0.15) is 5.75 Å². The average Bonchev–Trinajstić information content (AvgIpc) is 2.84. The van der Waals surface area contributed by atoms with Gasteiger partial charge in [0.2, 0.25) is 15.9 Å². The third kappa shape index (κ3) is 5.38. The van der Waals surface area contributed by atoms with Crippen LogP contribution in [0, 0.1) is 17.2 Å². The predicted molar refractivity (Wildman–Crippen MR) is 122 cm³/mol. The molecule has 9 nitrogen and oxygen atoms in total. The summed E-state index contributed by atoms with van der Waals surface area (Å²) < 4.78 is 43.5. The van der Waals surface area contributed by atoms with Crippen LogP contribution in [-0.4, -0.2) is 52.5 Å². The van der Waals surface area contributed by atoms with Crippen molar-refractivity contribution in [2.75, 3.05) is 39.2 Å². The van der Waals surface area contributed by atoms with E-state index in [4.69, 9.17) is 19.5 Å². The van der Waals surface area contributed by atoms with Crippen LogP contribution < -0.4 is 19.5 Å². The molecule has 0 saturated carbocycles. The van der Waals surface area contributed by atoms with Gasteiger partial charge in [-0.15, -0.1) is 0 Å². The van der Waals surface area contributed by atoms with Crippen molar-refractivity contribution in [1.82, 2.24) is 4.31 Å². The SMILES string of the molecule is CCOc1ccc(C#N)cc1NC(=O)C1CCN(S(=O)(=O)c2ccc(OC)c(OC)c2)CC1. The van der Waals surface area contributed by atoms with Crippen LogP contribution >= 0.6 is 0 Å². The molecule has 33 heavy (non-hydrogen) atoms. The molecular weight excluding hydrogens is 446 g/mol. The van der Waals surface area contributed by atoms with E-state index in [1.165, 1.54) is 30.7 Å². The van der Waals surface area contributed by atoms with Crippen molar-refractivity contribution < 1.29 is 27.4 Å². The van der Waals surface area contributed by atoms with Gasteiger partial charge in [0.15, 0.2) is 11.5 Å².